The molecular weight excluding hydrogens is 368 g/mol. The van der Waals surface area contributed by atoms with Crippen molar-refractivity contribution in [2.75, 3.05) is 6.61 Å². The second kappa shape index (κ2) is 13.2. The highest BCUT2D eigenvalue weighted by molar-refractivity contribution is 5.13. The lowest BCUT2D eigenvalue weighted by Gasteiger charge is -2.13. The van der Waals surface area contributed by atoms with Crippen LogP contribution in [0.25, 0.3) is 0 Å². The van der Waals surface area contributed by atoms with Crippen LogP contribution in [0.3, 0.4) is 0 Å². The molecule has 0 unspecified atom stereocenters. The predicted octanol–water partition coefficient (Wildman–Crippen LogP) is 4.43. The first-order valence-electron chi connectivity index (χ1n) is 10.2. The summed E-state index contributed by atoms with van der Waals surface area (Å²) >= 11 is 0. The molecule has 3 N–H and O–H groups in total. The van der Waals surface area contributed by atoms with E-state index >= 15 is 0 Å². The van der Waals surface area contributed by atoms with Crippen molar-refractivity contribution in [3.63, 3.8) is 0 Å². The Morgan fingerprint density at radius 3 is 2.66 bits per heavy atom. The van der Waals surface area contributed by atoms with Crippen LogP contribution < -0.4 is 0 Å². The average molecular weight is 401 g/mol. The van der Waals surface area contributed by atoms with Gasteiger partial charge in [-0.2, -0.15) is 0 Å². The van der Waals surface area contributed by atoms with Crippen molar-refractivity contribution in [1.29, 1.82) is 0 Å². The first-order valence-corrected chi connectivity index (χ1v) is 10.2. The van der Waals surface area contributed by atoms with Crippen LogP contribution in [0.5, 0.6) is 0 Å². The Kier molecular flexibility index (Phi) is 10.5. The van der Waals surface area contributed by atoms with Crippen LogP contribution in [0.4, 0.5) is 0 Å². The van der Waals surface area contributed by atoms with E-state index in [1.807, 2.05) is 30.3 Å². The van der Waals surface area contributed by atoms with Gasteiger partial charge in [0.2, 0.25) is 0 Å². The van der Waals surface area contributed by atoms with Gasteiger partial charge in [-0.05, 0) is 42.2 Å². The standard InChI is InChI=1S/C24H32O5/c1-2-3-8-19(11-7-12-23(27)24-14-13-22(16-25)29-24)15-21(26)18-28-17-20-9-5-4-6-10-20/h4-7,9-10,13-14,21,23,25-27H,2-3,8,12,15-18H2,1H3/t11?,21-,23-/m1/s1. The van der Waals surface area contributed by atoms with Crippen molar-refractivity contribution >= 4 is 0 Å². The number of furan rings is 1. The smallest absolute Gasteiger partial charge is 0.133 e. The van der Waals surface area contributed by atoms with Gasteiger partial charge in [-0.25, -0.2) is 0 Å². The minimum absolute atomic E-state index is 0.187. The molecule has 2 atom stereocenters. The van der Waals surface area contributed by atoms with Crippen LogP contribution in [0.15, 0.2) is 64.3 Å². The number of benzene rings is 1. The first kappa shape index (κ1) is 23.1. The van der Waals surface area contributed by atoms with E-state index in [2.05, 4.69) is 12.7 Å². The molecule has 0 spiro atoms. The zero-order valence-electron chi connectivity index (χ0n) is 17.1. The maximum atomic E-state index is 10.3. The van der Waals surface area contributed by atoms with Crippen molar-refractivity contribution in [1.82, 2.24) is 0 Å². The predicted molar refractivity (Wildman–Crippen MR) is 112 cm³/mol. The fraction of sp³-hybridized carbons (Fsp3) is 0.458. The second-order valence-electron chi connectivity index (χ2n) is 7.13. The van der Waals surface area contributed by atoms with E-state index in [4.69, 9.17) is 14.3 Å². The van der Waals surface area contributed by atoms with Gasteiger partial charge >= 0.3 is 0 Å². The van der Waals surface area contributed by atoms with Gasteiger partial charge in [0.05, 0.1) is 19.3 Å². The molecule has 1 aromatic carbocycles. The van der Waals surface area contributed by atoms with Crippen molar-refractivity contribution in [2.45, 2.75) is 64.4 Å². The highest BCUT2D eigenvalue weighted by Crippen LogP contribution is 2.20. The number of unbranched alkanes of at least 4 members (excludes halogenated alkanes) is 1. The van der Waals surface area contributed by atoms with E-state index in [0.29, 0.717) is 31.0 Å². The summed E-state index contributed by atoms with van der Waals surface area (Å²) in [7, 11) is 0. The molecule has 0 aliphatic heterocycles. The Bertz CT molecular complexity index is 759. The molecule has 2 aromatic rings. The third kappa shape index (κ3) is 8.82. The van der Waals surface area contributed by atoms with Crippen LogP contribution in [0, 0.1) is 0 Å². The van der Waals surface area contributed by atoms with Crippen LogP contribution >= 0.6 is 0 Å². The summed E-state index contributed by atoms with van der Waals surface area (Å²) in [6, 6.07) is 13.2. The molecule has 0 aliphatic carbocycles. The number of hydrogen-bond donors (Lipinski definition) is 3. The maximum absolute atomic E-state index is 10.3. The van der Waals surface area contributed by atoms with Gasteiger partial charge in [0.1, 0.15) is 24.2 Å². The molecule has 2 rings (SSSR count). The molecule has 1 heterocycles. The summed E-state index contributed by atoms with van der Waals surface area (Å²) in [6.45, 7) is 2.69. The lowest BCUT2D eigenvalue weighted by Crippen LogP contribution is -2.16. The number of aliphatic hydroxyl groups excluding tert-OH is 3. The molecule has 0 saturated heterocycles. The molecule has 158 valence electrons. The third-order valence-electron chi connectivity index (χ3n) is 4.55. The Labute approximate surface area is 173 Å². The summed E-state index contributed by atoms with van der Waals surface area (Å²) in [4.78, 5) is 0. The van der Waals surface area contributed by atoms with Gasteiger partial charge < -0.3 is 24.5 Å². The molecule has 5 heteroatoms. The van der Waals surface area contributed by atoms with E-state index in [0.717, 1.165) is 30.4 Å². The maximum Gasteiger partial charge on any atom is 0.133 e. The SMILES string of the molecule is CCCCC(=C=CC[C@@H](O)c1ccc(CO)o1)C[C@@H](O)COCc1ccccc1. The minimum atomic E-state index is -0.783. The summed E-state index contributed by atoms with van der Waals surface area (Å²) in [6.07, 6.45) is 4.20. The van der Waals surface area contributed by atoms with Crippen molar-refractivity contribution < 1.29 is 24.5 Å². The van der Waals surface area contributed by atoms with Crippen LogP contribution in [-0.2, 0) is 18.0 Å². The monoisotopic (exact) mass is 400 g/mol. The van der Waals surface area contributed by atoms with E-state index in [1.165, 1.54) is 0 Å². The fourth-order valence-electron chi connectivity index (χ4n) is 2.94. The fourth-order valence-corrected chi connectivity index (χ4v) is 2.94. The molecule has 0 aliphatic rings. The number of rotatable bonds is 13. The molecule has 29 heavy (non-hydrogen) atoms. The van der Waals surface area contributed by atoms with Crippen molar-refractivity contribution in [3.05, 3.63) is 76.9 Å². The van der Waals surface area contributed by atoms with E-state index in [9.17, 15) is 10.2 Å². The second-order valence-corrected chi connectivity index (χ2v) is 7.13. The van der Waals surface area contributed by atoms with Crippen LogP contribution in [0.2, 0.25) is 0 Å². The molecule has 5 nitrogen and oxygen atoms in total. The molecule has 0 saturated carbocycles. The zero-order valence-corrected chi connectivity index (χ0v) is 17.1. The molecule has 0 radical (unpaired) electrons. The number of ether oxygens (including phenoxy) is 1. The molecule has 0 amide bonds. The van der Waals surface area contributed by atoms with E-state index in [-0.39, 0.29) is 13.2 Å². The van der Waals surface area contributed by atoms with Crippen molar-refractivity contribution in [3.8, 4) is 0 Å². The van der Waals surface area contributed by atoms with Gasteiger partial charge in [-0.1, -0.05) is 43.7 Å². The first-order chi connectivity index (χ1) is 14.1. The van der Waals surface area contributed by atoms with Gasteiger partial charge in [0, 0.05) is 12.8 Å². The lowest BCUT2D eigenvalue weighted by atomic mass is 10.0. The Morgan fingerprint density at radius 2 is 1.97 bits per heavy atom. The van der Waals surface area contributed by atoms with E-state index in [1.54, 1.807) is 18.2 Å². The number of aliphatic hydroxyl groups is 3. The van der Waals surface area contributed by atoms with Gasteiger partial charge in [-0.3, -0.25) is 0 Å². The largest absolute Gasteiger partial charge is 0.461 e. The summed E-state index contributed by atoms with van der Waals surface area (Å²) in [5, 5.41) is 29.6. The third-order valence-corrected chi connectivity index (χ3v) is 4.55. The highest BCUT2D eigenvalue weighted by atomic mass is 16.5. The highest BCUT2D eigenvalue weighted by Gasteiger charge is 2.11. The molecular formula is C24H32O5. The van der Waals surface area contributed by atoms with E-state index < -0.39 is 12.2 Å². The molecule has 0 fully saturated rings. The topological polar surface area (TPSA) is 83.1 Å². The van der Waals surface area contributed by atoms with Gasteiger partial charge in [-0.15, -0.1) is 5.73 Å². The van der Waals surface area contributed by atoms with Crippen LogP contribution in [0.1, 0.15) is 62.2 Å². The quantitative estimate of drug-likeness (QED) is 0.433. The molecule has 1 aromatic heterocycles. The average Bonchev–Trinajstić information content (AvgIpc) is 3.22. The minimum Gasteiger partial charge on any atom is -0.461 e. The lowest BCUT2D eigenvalue weighted by molar-refractivity contribution is 0.0285. The molecule has 0 bridgehead atoms. The summed E-state index contributed by atoms with van der Waals surface area (Å²) in [5.74, 6) is 0.859. The summed E-state index contributed by atoms with van der Waals surface area (Å²) < 4.78 is 11.0. The Balaban J connectivity index is 1.86. The van der Waals surface area contributed by atoms with Crippen molar-refractivity contribution in [2.24, 2.45) is 0 Å². The normalized spacial score (nSPS) is 13.0. The van der Waals surface area contributed by atoms with Gasteiger partial charge in [0.15, 0.2) is 0 Å². The van der Waals surface area contributed by atoms with Crippen LogP contribution in [-0.4, -0.2) is 28.0 Å². The Hall–Kier alpha value is -2.14. The number of hydrogen-bond acceptors (Lipinski definition) is 5. The Morgan fingerprint density at radius 1 is 1.17 bits per heavy atom. The summed E-state index contributed by atoms with van der Waals surface area (Å²) in [5.41, 5.74) is 5.34. The van der Waals surface area contributed by atoms with Gasteiger partial charge in [0.25, 0.3) is 0 Å². The zero-order chi connectivity index (χ0) is 20.9.